The smallest absolute Gasteiger partial charge is 0.292 e. The molecular weight excluding hydrogens is 373 g/mol. The highest BCUT2D eigenvalue weighted by Crippen LogP contribution is 2.33. The second kappa shape index (κ2) is 7.94. The average molecular weight is 394 g/mol. The Morgan fingerprint density at radius 2 is 1.92 bits per heavy atom. The minimum Gasteiger partial charge on any atom is -0.314 e. The molecule has 2 saturated heterocycles. The van der Waals surface area contributed by atoms with Crippen LogP contribution in [0, 0.1) is 21.8 Å². The van der Waals surface area contributed by atoms with E-state index in [1.54, 1.807) is 0 Å². The molecule has 1 unspecified atom stereocenters. The molecule has 7 nitrogen and oxygen atoms in total. The van der Waals surface area contributed by atoms with Crippen LogP contribution in [0.15, 0.2) is 23.1 Å². The highest BCUT2D eigenvalue weighted by Gasteiger charge is 2.38. The second-order valence-electron chi connectivity index (χ2n) is 6.29. The maximum absolute atomic E-state index is 14.1. The summed E-state index contributed by atoms with van der Waals surface area (Å²) in [7, 11) is -4.22. The first-order valence-electron chi connectivity index (χ1n) is 8.07. The average Bonchev–Trinajstić information content (AvgIpc) is 3.09. The Hall–Kier alpha value is -1.29. The maximum atomic E-state index is 14.1. The summed E-state index contributed by atoms with van der Waals surface area (Å²) >= 11 is 0. The number of piperidine rings is 1. The van der Waals surface area contributed by atoms with Gasteiger partial charge in [-0.1, -0.05) is 6.07 Å². The van der Waals surface area contributed by atoms with Crippen molar-refractivity contribution in [3.8, 4) is 0 Å². The number of hydrogen-bond acceptors (Lipinski definition) is 5. The summed E-state index contributed by atoms with van der Waals surface area (Å²) in [6.45, 7) is 1.51. The molecule has 2 heterocycles. The molecule has 0 spiro atoms. The van der Waals surface area contributed by atoms with Crippen molar-refractivity contribution in [2.45, 2.75) is 36.6 Å². The zero-order valence-corrected chi connectivity index (χ0v) is 15.2. The Morgan fingerprint density at radius 3 is 2.48 bits per heavy atom. The number of halogens is 2. The predicted octanol–water partition coefficient (Wildman–Crippen LogP) is 2.31. The van der Waals surface area contributed by atoms with E-state index in [2.05, 4.69) is 5.32 Å². The fraction of sp³-hybridized carbons (Fsp3) is 0.600. The molecule has 2 aliphatic heterocycles. The van der Waals surface area contributed by atoms with Crippen molar-refractivity contribution in [1.29, 1.82) is 0 Å². The van der Waals surface area contributed by atoms with Crippen molar-refractivity contribution >= 4 is 28.1 Å². The fourth-order valence-corrected chi connectivity index (χ4v) is 5.33. The van der Waals surface area contributed by atoms with E-state index in [-0.39, 0.29) is 25.5 Å². The van der Waals surface area contributed by atoms with Crippen LogP contribution < -0.4 is 5.32 Å². The molecule has 0 bridgehead atoms. The molecular formula is C15H21ClFN3O4S. The van der Waals surface area contributed by atoms with Gasteiger partial charge in [0, 0.05) is 25.2 Å². The summed E-state index contributed by atoms with van der Waals surface area (Å²) in [5.41, 5.74) is -0.713. The summed E-state index contributed by atoms with van der Waals surface area (Å²) in [6.07, 6.45) is 3.58. The Morgan fingerprint density at radius 1 is 1.24 bits per heavy atom. The largest absolute Gasteiger partial charge is 0.314 e. The summed E-state index contributed by atoms with van der Waals surface area (Å²) in [5.74, 6) is -0.682. The van der Waals surface area contributed by atoms with Gasteiger partial charge in [-0.05, 0) is 44.2 Å². The first-order chi connectivity index (χ1) is 11.4. The van der Waals surface area contributed by atoms with Gasteiger partial charge in [0.25, 0.3) is 15.7 Å². The van der Waals surface area contributed by atoms with Crippen molar-refractivity contribution in [3.05, 3.63) is 34.1 Å². The third-order valence-electron chi connectivity index (χ3n) is 4.91. The Labute approximate surface area is 152 Å². The zero-order valence-electron chi connectivity index (χ0n) is 13.6. The molecule has 2 fully saturated rings. The van der Waals surface area contributed by atoms with Crippen LogP contribution >= 0.6 is 12.4 Å². The van der Waals surface area contributed by atoms with Crippen LogP contribution in [0.4, 0.5) is 10.1 Å². The molecule has 1 atom stereocenters. The first kappa shape index (κ1) is 20.0. The van der Waals surface area contributed by atoms with Gasteiger partial charge in [0.15, 0.2) is 4.90 Å². The number of sulfonamides is 1. The zero-order chi connectivity index (χ0) is 17.3. The van der Waals surface area contributed by atoms with E-state index in [1.165, 1.54) is 4.31 Å². The number of nitro benzene ring substituents is 1. The lowest BCUT2D eigenvalue weighted by Gasteiger charge is -2.34. The predicted molar refractivity (Wildman–Crippen MR) is 92.8 cm³/mol. The quantitative estimate of drug-likeness (QED) is 0.626. The highest BCUT2D eigenvalue weighted by atomic mass is 35.5. The molecule has 1 aromatic carbocycles. The summed E-state index contributed by atoms with van der Waals surface area (Å²) in [5, 5.41) is 14.5. The first-order valence-corrected chi connectivity index (χ1v) is 9.51. The molecule has 140 valence electrons. The summed E-state index contributed by atoms with van der Waals surface area (Å²) in [4.78, 5) is 9.39. The summed E-state index contributed by atoms with van der Waals surface area (Å²) < 4.78 is 40.7. The highest BCUT2D eigenvalue weighted by molar-refractivity contribution is 7.89. The normalized spacial score (nSPS) is 22.5. The SMILES string of the molecule is Cl.O=[N+]([O-])c1cccc(F)c1S(=O)(=O)N1CCC(C2CCCN2)CC1. The Bertz CT molecular complexity index is 732. The number of hydrogen-bond donors (Lipinski definition) is 1. The monoisotopic (exact) mass is 393 g/mol. The van der Waals surface area contributed by atoms with Gasteiger partial charge in [-0.3, -0.25) is 10.1 Å². The van der Waals surface area contributed by atoms with Crippen molar-refractivity contribution < 1.29 is 17.7 Å². The molecule has 10 heteroatoms. The van der Waals surface area contributed by atoms with Gasteiger partial charge in [-0.15, -0.1) is 12.4 Å². The molecule has 1 aromatic rings. The van der Waals surface area contributed by atoms with Crippen LogP contribution in [0.2, 0.25) is 0 Å². The number of nitrogens with one attached hydrogen (secondary N) is 1. The Kier molecular flexibility index (Phi) is 6.36. The molecule has 0 saturated carbocycles. The minimum absolute atomic E-state index is 0. The lowest BCUT2D eigenvalue weighted by Crippen LogP contribution is -2.43. The van der Waals surface area contributed by atoms with E-state index in [1.807, 2.05) is 0 Å². The van der Waals surface area contributed by atoms with Gasteiger partial charge in [-0.2, -0.15) is 4.31 Å². The van der Waals surface area contributed by atoms with Crippen molar-refractivity contribution in [3.63, 3.8) is 0 Å². The van der Waals surface area contributed by atoms with E-state index in [9.17, 15) is 22.9 Å². The summed E-state index contributed by atoms with van der Waals surface area (Å²) in [6, 6.07) is 3.52. The van der Waals surface area contributed by atoms with Crippen LogP contribution in [0.1, 0.15) is 25.7 Å². The van der Waals surface area contributed by atoms with Crippen LogP contribution in [-0.2, 0) is 10.0 Å². The van der Waals surface area contributed by atoms with Crippen LogP contribution in [0.25, 0.3) is 0 Å². The topological polar surface area (TPSA) is 92.5 Å². The van der Waals surface area contributed by atoms with Crippen molar-refractivity contribution in [2.75, 3.05) is 19.6 Å². The third kappa shape index (κ3) is 3.94. The Balaban J connectivity index is 0.00000225. The van der Waals surface area contributed by atoms with Gasteiger partial charge < -0.3 is 5.32 Å². The molecule has 0 aliphatic carbocycles. The van der Waals surface area contributed by atoms with E-state index in [0.29, 0.717) is 24.8 Å². The van der Waals surface area contributed by atoms with Gasteiger partial charge in [-0.25, -0.2) is 12.8 Å². The third-order valence-corrected chi connectivity index (χ3v) is 6.87. The van der Waals surface area contributed by atoms with E-state index in [0.717, 1.165) is 37.6 Å². The molecule has 0 radical (unpaired) electrons. The number of nitro groups is 1. The molecule has 0 aromatic heterocycles. The van der Waals surface area contributed by atoms with Gasteiger partial charge in [0.1, 0.15) is 5.82 Å². The molecule has 2 aliphatic rings. The van der Waals surface area contributed by atoms with E-state index < -0.39 is 31.3 Å². The lowest BCUT2D eigenvalue weighted by atomic mass is 9.89. The maximum Gasteiger partial charge on any atom is 0.292 e. The molecule has 1 N–H and O–H groups in total. The standard InChI is InChI=1S/C15H20FN3O4S.ClH/c16-12-3-1-5-14(19(20)21)15(12)24(22,23)18-9-6-11(7-10-18)13-4-2-8-17-13;/h1,3,5,11,13,17H,2,4,6-10H2;1H. The van der Waals surface area contributed by atoms with Crippen molar-refractivity contribution in [2.24, 2.45) is 5.92 Å². The van der Waals surface area contributed by atoms with Crippen molar-refractivity contribution in [1.82, 2.24) is 9.62 Å². The van der Waals surface area contributed by atoms with Gasteiger partial charge >= 0.3 is 0 Å². The van der Waals surface area contributed by atoms with Crippen LogP contribution in [0.5, 0.6) is 0 Å². The van der Waals surface area contributed by atoms with E-state index >= 15 is 0 Å². The lowest BCUT2D eigenvalue weighted by molar-refractivity contribution is -0.388. The number of nitrogens with zero attached hydrogens (tertiary/aromatic N) is 2. The molecule has 0 amide bonds. The van der Waals surface area contributed by atoms with Gasteiger partial charge in [0.05, 0.1) is 4.92 Å². The molecule has 25 heavy (non-hydrogen) atoms. The fourth-order valence-electron chi connectivity index (χ4n) is 3.66. The van der Waals surface area contributed by atoms with Crippen LogP contribution in [-0.4, -0.2) is 43.3 Å². The molecule has 3 rings (SSSR count). The number of rotatable bonds is 4. The van der Waals surface area contributed by atoms with Crippen LogP contribution in [0.3, 0.4) is 0 Å². The second-order valence-corrected chi connectivity index (χ2v) is 8.16. The minimum atomic E-state index is -4.22. The van der Waals surface area contributed by atoms with E-state index in [4.69, 9.17) is 0 Å². The van der Waals surface area contributed by atoms with Gasteiger partial charge in [0.2, 0.25) is 0 Å². The number of benzene rings is 1.